The number of aromatic nitrogens is 4. The second-order valence-corrected chi connectivity index (χ2v) is 3.95. The third kappa shape index (κ3) is 2.12. The minimum Gasteiger partial charge on any atom is -0.454 e. The lowest BCUT2D eigenvalue weighted by molar-refractivity contribution is 0.173. The Labute approximate surface area is 104 Å². The molecular weight excluding hydrogens is 234 g/mol. The molecule has 0 unspecified atom stereocenters. The van der Waals surface area contributed by atoms with Gasteiger partial charge in [0, 0.05) is 12.1 Å². The van der Waals surface area contributed by atoms with Crippen LogP contribution in [0, 0.1) is 0 Å². The molecule has 0 atom stereocenters. The third-order valence-electron chi connectivity index (χ3n) is 2.63. The van der Waals surface area contributed by atoms with E-state index in [0.717, 1.165) is 17.1 Å². The maximum absolute atomic E-state index is 5.43. The molecule has 2 heterocycles. The molecule has 1 aliphatic heterocycles. The molecule has 0 aliphatic carbocycles. The van der Waals surface area contributed by atoms with Crippen molar-refractivity contribution < 1.29 is 9.47 Å². The van der Waals surface area contributed by atoms with Crippen molar-refractivity contribution in [2.45, 2.75) is 13.1 Å². The van der Waals surface area contributed by atoms with Gasteiger partial charge in [-0.15, -0.1) is 10.2 Å². The zero-order valence-electron chi connectivity index (χ0n) is 9.96. The Morgan fingerprint density at radius 2 is 2.28 bits per heavy atom. The fourth-order valence-corrected chi connectivity index (χ4v) is 1.83. The van der Waals surface area contributed by atoms with Gasteiger partial charge in [-0.25, -0.2) is 0 Å². The van der Waals surface area contributed by atoms with Crippen LogP contribution in [0.1, 0.15) is 11.4 Å². The zero-order valence-corrected chi connectivity index (χ0v) is 9.96. The summed E-state index contributed by atoms with van der Waals surface area (Å²) < 4.78 is 10.7. The van der Waals surface area contributed by atoms with Gasteiger partial charge in [0.25, 0.3) is 0 Å². The van der Waals surface area contributed by atoms with E-state index in [4.69, 9.17) is 9.47 Å². The molecule has 1 aromatic carbocycles. The normalized spacial score (nSPS) is 12.9. The summed E-state index contributed by atoms with van der Waals surface area (Å²) in [5.74, 6) is 2.28. The van der Waals surface area contributed by atoms with Crippen molar-refractivity contribution in [2.75, 3.05) is 6.79 Å². The minimum atomic E-state index is 0.290. The highest BCUT2D eigenvalue weighted by Crippen LogP contribution is 2.35. The molecule has 7 heteroatoms. The Morgan fingerprint density at radius 3 is 3.11 bits per heavy atom. The van der Waals surface area contributed by atoms with Crippen LogP contribution >= 0.6 is 0 Å². The Bertz CT molecular complexity index is 554. The van der Waals surface area contributed by atoms with E-state index in [1.165, 1.54) is 4.80 Å². The number of benzene rings is 1. The van der Waals surface area contributed by atoms with E-state index in [9.17, 15) is 0 Å². The van der Waals surface area contributed by atoms with Crippen LogP contribution in [0.4, 0.5) is 0 Å². The summed E-state index contributed by atoms with van der Waals surface area (Å²) in [6.45, 7) is 1.53. The molecular formula is C11H13N5O2. The fraction of sp³-hybridized carbons (Fsp3) is 0.364. The molecule has 18 heavy (non-hydrogen) atoms. The second-order valence-electron chi connectivity index (χ2n) is 3.95. The van der Waals surface area contributed by atoms with Crippen LogP contribution < -0.4 is 14.8 Å². The average molecular weight is 247 g/mol. The number of fused-ring (bicyclic) bond motifs is 1. The maximum Gasteiger partial charge on any atom is 0.231 e. The third-order valence-corrected chi connectivity index (χ3v) is 2.63. The van der Waals surface area contributed by atoms with Crippen molar-refractivity contribution in [3.05, 3.63) is 29.6 Å². The molecule has 7 nitrogen and oxygen atoms in total. The summed E-state index contributed by atoms with van der Waals surface area (Å²) in [6, 6.07) is 5.85. The molecule has 0 fully saturated rings. The van der Waals surface area contributed by atoms with Gasteiger partial charge >= 0.3 is 0 Å². The first-order valence-electron chi connectivity index (χ1n) is 5.64. The molecule has 1 aliphatic rings. The minimum absolute atomic E-state index is 0.290. The molecule has 0 radical (unpaired) electrons. The molecule has 1 aromatic heterocycles. The van der Waals surface area contributed by atoms with Crippen molar-refractivity contribution in [1.82, 2.24) is 25.5 Å². The zero-order chi connectivity index (χ0) is 12.4. The molecule has 0 amide bonds. The number of tetrazole rings is 1. The summed E-state index contributed by atoms with van der Waals surface area (Å²) in [5.41, 5.74) is 1.06. The molecule has 94 valence electrons. The predicted molar refractivity (Wildman–Crippen MR) is 61.9 cm³/mol. The Morgan fingerprint density at radius 1 is 1.33 bits per heavy atom. The maximum atomic E-state index is 5.43. The van der Waals surface area contributed by atoms with Gasteiger partial charge in [-0.3, -0.25) is 0 Å². The predicted octanol–water partition coefficient (Wildman–Crippen LogP) is 0.229. The van der Waals surface area contributed by atoms with Crippen LogP contribution in [0.2, 0.25) is 0 Å². The number of hydrogen-bond donors (Lipinski definition) is 1. The highest BCUT2D eigenvalue weighted by molar-refractivity contribution is 5.48. The van der Waals surface area contributed by atoms with Gasteiger partial charge in [0.05, 0.1) is 13.6 Å². The lowest BCUT2D eigenvalue weighted by Crippen LogP contribution is -2.14. The SMILES string of the molecule is Cn1nnc(CNCc2cccc3c2OCO3)n1. The molecule has 1 N–H and O–H groups in total. The van der Waals surface area contributed by atoms with Crippen molar-refractivity contribution in [2.24, 2.45) is 7.05 Å². The standard InChI is InChI=1S/C11H13N5O2/c1-16-14-10(13-15-16)6-12-5-8-3-2-4-9-11(8)18-7-17-9/h2-4,12H,5-7H2,1H3. The van der Waals surface area contributed by atoms with Crippen LogP contribution in [-0.2, 0) is 20.1 Å². The molecule has 0 saturated heterocycles. The quantitative estimate of drug-likeness (QED) is 0.833. The molecule has 3 rings (SSSR count). The monoisotopic (exact) mass is 247 g/mol. The van der Waals surface area contributed by atoms with Gasteiger partial charge in [0.2, 0.25) is 6.79 Å². The molecule has 0 bridgehead atoms. The van der Waals surface area contributed by atoms with Gasteiger partial charge in [-0.05, 0) is 11.3 Å². The van der Waals surface area contributed by atoms with E-state index in [1.54, 1.807) is 7.05 Å². The molecule has 2 aromatic rings. The topological polar surface area (TPSA) is 74.1 Å². The highest BCUT2D eigenvalue weighted by Gasteiger charge is 2.16. The van der Waals surface area contributed by atoms with Crippen LogP contribution in [0.3, 0.4) is 0 Å². The molecule has 0 saturated carbocycles. The first kappa shape index (κ1) is 11.0. The van der Waals surface area contributed by atoms with Gasteiger partial charge < -0.3 is 14.8 Å². The van der Waals surface area contributed by atoms with Crippen molar-refractivity contribution in [1.29, 1.82) is 0 Å². The number of aryl methyl sites for hydroxylation is 1. The van der Waals surface area contributed by atoms with Gasteiger partial charge in [-0.2, -0.15) is 4.80 Å². The fourth-order valence-electron chi connectivity index (χ4n) is 1.83. The van der Waals surface area contributed by atoms with Crippen LogP contribution in [0.25, 0.3) is 0 Å². The lowest BCUT2D eigenvalue weighted by Gasteiger charge is -2.05. The smallest absolute Gasteiger partial charge is 0.231 e. The summed E-state index contributed by atoms with van der Waals surface area (Å²) in [6.07, 6.45) is 0. The number of nitrogens with one attached hydrogen (secondary N) is 1. The van der Waals surface area contributed by atoms with E-state index in [0.29, 0.717) is 18.9 Å². The summed E-state index contributed by atoms with van der Waals surface area (Å²) in [5, 5.41) is 15.0. The van der Waals surface area contributed by atoms with E-state index >= 15 is 0 Å². The lowest BCUT2D eigenvalue weighted by atomic mass is 10.2. The van der Waals surface area contributed by atoms with E-state index in [2.05, 4.69) is 20.7 Å². The summed E-state index contributed by atoms with van der Waals surface area (Å²) in [7, 11) is 1.74. The van der Waals surface area contributed by atoms with E-state index in [1.807, 2.05) is 18.2 Å². The Hall–Kier alpha value is -2.15. The number of nitrogens with zero attached hydrogens (tertiary/aromatic N) is 4. The van der Waals surface area contributed by atoms with E-state index in [-0.39, 0.29) is 6.79 Å². The number of ether oxygens (including phenoxy) is 2. The van der Waals surface area contributed by atoms with Crippen molar-refractivity contribution >= 4 is 0 Å². The first-order chi connectivity index (χ1) is 8.83. The van der Waals surface area contributed by atoms with Gasteiger partial charge in [0.1, 0.15) is 0 Å². The van der Waals surface area contributed by atoms with Crippen LogP contribution in [0.5, 0.6) is 11.5 Å². The largest absolute Gasteiger partial charge is 0.454 e. The average Bonchev–Trinajstić information content (AvgIpc) is 2.98. The number of hydrogen-bond acceptors (Lipinski definition) is 6. The van der Waals surface area contributed by atoms with Crippen molar-refractivity contribution in [3.63, 3.8) is 0 Å². The van der Waals surface area contributed by atoms with Gasteiger partial charge in [0.15, 0.2) is 17.3 Å². The number of rotatable bonds is 4. The van der Waals surface area contributed by atoms with Crippen molar-refractivity contribution in [3.8, 4) is 11.5 Å². The second kappa shape index (κ2) is 4.61. The van der Waals surface area contributed by atoms with Crippen LogP contribution in [0.15, 0.2) is 18.2 Å². The molecule has 0 spiro atoms. The Balaban J connectivity index is 1.62. The van der Waals surface area contributed by atoms with Crippen LogP contribution in [-0.4, -0.2) is 27.0 Å². The number of para-hydroxylation sites is 1. The Kier molecular flexibility index (Phi) is 2.81. The highest BCUT2D eigenvalue weighted by atomic mass is 16.7. The first-order valence-corrected chi connectivity index (χ1v) is 5.64. The van der Waals surface area contributed by atoms with Gasteiger partial charge in [-0.1, -0.05) is 12.1 Å². The van der Waals surface area contributed by atoms with E-state index < -0.39 is 0 Å². The summed E-state index contributed by atoms with van der Waals surface area (Å²) >= 11 is 0. The summed E-state index contributed by atoms with van der Waals surface area (Å²) in [4.78, 5) is 1.44.